The van der Waals surface area contributed by atoms with E-state index in [-0.39, 0.29) is 17.9 Å². The van der Waals surface area contributed by atoms with Gasteiger partial charge in [-0.25, -0.2) is 0 Å². The van der Waals surface area contributed by atoms with Gasteiger partial charge in [0.2, 0.25) is 11.8 Å². The van der Waals surface area contributed by atoms with E-state index in [4.69, 9.17) is 4.52 Å². The van der Waals surface area contributed by atoms with Gasteiger partial charge in [-0.1, -0.05) is 12.1 Å². The van der Waals surface area contributed by atoms with Crippen LogP contribution in [0.1, 0.15) is 31.9 Å². The number of aromatic nitrogens is 1. The summed E-state index contributed by atoms with van der Waals surface area (Å²) in [6.07, 6.45) is 2.87. The summed E-state index contributed by atoms with van der Waals surface area (Å²) in [5.41, 5.74) is 0.795. The molecule has 1 saturated heterocycles. The minimum Gasteiger partial charge on any atom is -0.396 e. The molecule has 1 aliphatic heterocycles. The Morgan fingerprint density at radius 3 is 2.75 bits per heavy atom. The van der Waals surface area contributed by atoms with Crippen molar-refractivity contribution < 1.29 is 14.4 Å². The second-order valence-electron chi connectivity index (χ2n) is 5.67. The predicted molar refractivity (Wildman–Crippen MR) is 75.4 cm³/mol. The lowest BCUT2D eigenvalue weighted by Crippen LogP contribution is -2.44. The molecule has 2 N–H and O–H groups in total. The van der Waals surface area contributed by atoms with Crippen molar-refractivity contribution in [1.29, 1.82) is 0 Å². The second kappa shape index (κ2) is 6.37. The molecule has 1 fully saturated rings. The van der Waals surface area contributed by atoms with Crippen molar-refractivity contribution in [2.24, 2.45) is 5.41 Å². The van der Waals surface area contributed by atoms with Gasteiger partial charge in [0, 0.05) is 12.7 Å². The van der Waals surface area contributed by atoms with Gasteiger partial charge in [0.25, 0.3) is 0 Å². The fourth-order valence-electron chi connectivity index (χ4n) is 2.61. The average molecular weight is 281 g/mol. The van der Waals surface area contributed by atoms with Crippen molar-refractivity contribution in [3.63, 3.8) is 0 Å². The van der Waals surface area contributed by atoms with Gasteiger partial charge < -0.3 is 9.63 Å². The summed E-state index contributed by atoms with van der Waals surface area (Å²) in [5, 5.41) is 15.9. The predicted octanol–water partition coefficient (Wildman–Crippen LogP) is 1.41. The van der Waals surface area contributed by atoms with Gasteiger partial charge in [-0.2, -0.15) is 0 Å². The van der Waals surface area contributed by atoms with Crippen molar-refractivity contribution in [1.82, 2.24) is 10.1 Å². The summed E-state index contributed by atoms with van der Waals surface area (Å²) < 4.78 is 4.96. The molecule has 1 aromatic heterocycles. The Morgan fingerprint density at radius 1 is 1.55 bits per heavy atom. The van der Waals surface area contributed by atoms with E-state index in [1.54, 1.807) is 6.07 Å². The molecule has 0 saturated carbocycles. The van der Waals surface area contributed by atoms with Gasteiger partial charge in [0.1, 0.15) is 0 Å². The quantitative estimate of drug-likeness (QED) is 0.853. The Labute approximate surface area is 119 Å². The van der Waals surface area contributed by atoms with Crippen LogP contribution in [-0.2, 0) is 4.79 Å². The van der Waals surface area contributed by atoms with Crippen molar-refractivity contribution in [3.8, 4) is 0 Å². The minimum absolute atomic E-state index is 0.0506. The number of aliphatic hydroxyl groups excluding tert-OH is 1. The molecule has 0 unspecified atom stereocenters. The average Bonchev–Trinajstić information content (AvgIpc) is 2.85. The van der Waals surface area contributed by atoms with Gasteiger partial charge in [-0.3, -0.25) is 15.0 Å². The summed E-state index contributed by atoms with van der Waals surface area (Å²) in [5.74, 6) is 0.303. The first-order chi connectivity index (χ1) is 9.57. The Kier molecular flexibility index (Phi) is 4.77. The molecule has 0 aromatic carbocycles. The Morgan fingerprint density at radius 2 is 2.25 bits per heavy atom. The van der Waals surface area contributed by atoms with Crippen molar-refractivity contribution in [2.45, 2.75) is 33.1 Å². The monoisotopic (exact) mass is 281 g/mol. The highest BCUT2D eigenvalue weighted by atomic mass is 16.5. The maximum atomic E-state index is 11.9. The van der Waals surface area contributed by atoms with Crippen LogP contribution in [-0.4, -0.2) is 47.3 Å². The zero-order chi connectivity index (χ0) is 14.6. The summed E-state index contributed by atoms with van der Waals surface area (Å²) in [6, 6.07) is 1.70. The molecular formula is C14H23N3O3. The number of carbonyl (C=O) groups excluding carboxylic acids is 1. The lowest BCUT2D eigenvalue weighted by Gasteiger charge is -2.39. The fourth-order valence-corrected chi connectivity index (χ4v) is 2.61. The van der Waals surface area contributed by atoms with E-state index < -0.39 is 0 Å². The zero-order valence-corrected chi connectivity index (χ0v) is 12.2. The van der Waals surface area contributed by atoms with Crippen LogP contribution < -0.4 is 5.32 Å². The van der Waals surface area contributed by atoms with Gasteiger partial charge in [0.15, 0.2) is 0 Å². The normalized spacial score (nSPS) is 18.9. The number of nitrogens with zero attached hydrogens (tertiary/aromatic N) is 2. The minimum atomic E-state index is -0.0888. The van der Waals surface area contributed by atoms with E-state index >= 15 is 0 Å². The van der Waals surface area contributed by atoms with E-state index in [1.165, 1.54) is 0 Å². The first kappa shape index (κ1) is 15.0. The van der Waals surface area contributed by atoms with Crippen LogP contribution in [0.2, 0.25) is 0 Å². The molecule has 2 rings (SSSR count). The molecule has 2 heterocycles. The number of anilines is 1. The SMILES string of the molecule is CCC1(CO)CCN(CC(=O)Nc2cc(C)no2)CC1. The molecule has 6 heteroatoms. The van der Waals surface area contributed by atoms with Crippen LogP contribution in [0.3, 0.4) is 0 Å². The molecule has 1 amide bonds. The highest BCUT2D eigenvalue weighted by molar-refractivity contribution is 5.90. The van der Waals surface area contributed by atoms with Crippen LogP contribution in [0.15, 0.2) is 10.6 Å². The first-order valence-electron chi connectivity index (χ1n) is 7.13. The number of amides is 1. The smallest absolute Gasteiger partial charge is 0.240 e. The molecule has 0 radical (unpaired) electrons. The van der Waals surface area contributed by atoms with E-state index in [0.29, 0.717) is 12.4 Å². The van der Waals surface area contributed by atoms with Crippen LogP contribution >= 0.6 is 0 Å². The highest BCUT2D eigenvalue weighted by Crippen LogP contribution is 2.33. The Bertz CT molecular complexity index is 444. The third-order valence-electron chi connectivity index (χ3n) is 4.26. The van der Waals surface area contributed by atoms with Crippen LogP contribution in [0.4, 0.5) is 5.88 Å². The highest BCUT2D eigenvalue weighted by Gasteiger charge is 2.32. The van der Waals surface area contributed by atoms with Crippen molar-refractivity contribution in [3.05, 3.63) is 11.8 Å². The molecular weight excluding hydrogens is 258 g/mol. The molecule has 0 spiro atoms. The standard InChI is InChI=1S/C14H23N3O3/c1-3-14(10-18)4-6-17(7-5-14)9-12(19)15-13-8-11(2)16-20-13/h8,18H,3-7,9-10H2,1-2H3,(H,15,19). The van der Waals surface area contributed by atoms with Crippen LogP contribution in [0, 0.1) is 12.3 Å². The summed E-state index contributed by atoms with van der Waals surface area (Å²) in [6.45, 7) is 6.20. The lowest BCUT2D eigenvalue weighted by atomic mass is 9.77. The van der Waals surface area contributed by atoms with E-state index in [9.17, 15) is 9.90 Å². The third kappa shape index (κ3) is 3.58. The number of carbonyl (C=O) groups is 1. The Hall–Kier alpha value is -1.40. The molecule has 6 nitrogen and oxygen atoms in total. The maximum Gasteiger partial charge on any atom is 0.240 e. The summed E-state index contributed by atoms with van der Waals surface area (Å²) in [4.78, 5) is 14.0. The Balaban J connectivity index is 1.79. The van der Waals surface area contributed by atoms with Gasteiger partial charge >= 0.3 is 0 Å². The molecule has 0 bridgehead atoms. The summed E-state index contributed by atoms with van der Waals surface area (Å²) >= 11 is 0. The fraction of sp³-hybridized carbons (Fsp3) is 0.714. The summed E-state index contributed by atoms with van der Waals surface area (Å²) in [7, 11) is 0. The van der Waals surface area contributed by atoms with Gasteiger partial charge in [-0.15, -0.1) is 0 Å². The number of piperidine rings is 1. The lowest BCUT2D eigenvalue weighted by molar-refractivity contribution is -0.118. The van der Waals surface area contributed by atoms with Gasteiger partial charge in [0.05, 0.1) is 12.2 Å². The molecule has 1 aliphatic rings. The third-order valence-corrected chi connectivity index (χ3v) is 4.26. The number of aryl methyl sites for hydroxylation is 1. The van der Waals surface area contributed by atoms with Crippen molar-refractivity contribution >= 4 is 11.8 Å². The van der Waals surface area contributed by atoms with E-state index in [0.717, 1.165) is 38.0 Å². The second-order valence-corrected chi connectivity index (χ2v) is 5.67. The van der Waals surface area contributed by atoms with E-state index in [1.807, 2.05) is 6.92 Å². The number of nitrogens with one attached hydrogen (secondary N) is 1. The largest absolute Gasteiger partial charge is 0.396 e. The molecule has 20 heavy (non-hydrogen) atoms. The number of hydrogen-bond donors (Lipinski definition) is 2. The number of aliphatic hydroxyl groups is 1. The maximum absolute atomic E-state index is 11.9. The number of likely N-dealkylation sites (tertiary alicyclic amines) is 1. The van der Waals surface area contributed by atoms with Crippen LogP contribution in [0.25, 0.3) is 0 Å². The number of rotatable bonds is 5. The molecule has 0 atom stereocenters. The van der Waals surface area contributed by atoms with Crippen LogP contribution in [0.5, 0.6) is 0 Å². The zero-order valence-electron chi connectivity index (χ0n) is 12.2. The molecule has 112 valence electrons. The molecule has 1 aromatic rings. The molecule has 0 aliphatic carbocycles. The van der Waals surface area contributed by atoms with Gasteiger partial charge in [-0.05, 0) is 44.7 Å². The van der Waals surface area contributed by atoms with E-state index in [2.05, 4.69) is 22.3 Å². The number of hydrogen-bond acceptors (Lipinski definition) is 5. The topological polar surface area (TPSA) is 78.6 Å². The van der Waals surface area contributed by atoms with Crippen molar-refractivity contribution in [2.75, 3.05) is 31.6 Å². The first-order valence-corrected chi connectivity index (χ1v) is 7.13.